The molecule has 0 aliphatic carbocycles. The number of amides is 2. The molecule has 31 heavy (non-hydrogen) atoms. The Labute approximate surface area is 190 Å². The van der Waals surface area contributed by atoms with E-state index >= 15 is 0 Å². The molecule has 0 fully saturated rings. The van der Waals surface area contributed by atoms with Crippen LogP contribution in [0.1, 0.15) is 30.6 Å². The number of carbonyl (C=O) groups is 2. The van der Waals surface area contributed by atoms with Gasteiger partial charge in [-0.2, -0.15) is 4.31 Å². The minimum absolute atomic E-state index is 0.00341. The SMILES string of the molecule is CCN(CC)S(=O)(=O)c1cc(NC(=O)CCNC(=O)c2ccc(F)cc2Cl)ccc1Cl. The molecule has 0 spiro atoms. The fourth-order valence-electron chi connectivity index (χ4n) is 2.76. The van der Waals surface area contributed by atoms with E-state index in [1.807, 2.05) is 0 Å². The van der Waals surface area contributed by atoms with Gasteiger partial charge in [-0.15, -0.1) is 0 Å². The summed E-state index contributed by atoms with van der Waals surface area (Å²) in [5.41, 5.74) is 0.348. The number of carbonyl (C=O) groups excluding carboxylic acids is 2. The molecule has 0 heterocycles. The van der Waals surface area contributed by atoms with E-state index in [4.69, 9.17) is 23.2 Å². The minimum Gasteiger partial charge on any atom is -0.351 e. The number of hydrogen-bond acceptors (Lipinski definition) is 4. The Morgan fingerprint density at radius 1 is 1.03 bits per heavy atom. The Hall–Kier alpha value is -2.20. The second kappa shape index (κ2) is 10.9. The van der Waals surface area contributed by atoms with Crippen molar-refractivity contribution in [3.63, 3.8) is 0 Å². The molecular weight excluding hydrogens is 468 g/mol. The molecule has 0 aliphatic rings. The average molecular weight is 490 g/mol. The highest BCUT2D eigenvalue weighted by Gasteiger charge is 2.25. The third kappa shape index (κ3) is 6.39. The Morgan fingerprint density at radius 3 is 2.32 bits per heavy atom. The number of benzene rings is 2. The fraction of sp³-hybridized carbons (Fsp3) is 0.300. The van der Waals surface area contributed by atoms with Crippen LogP contribution >= 0.6 is 23.2 Å². The predicted octanol–water partition coefficient (Wildman–Crippen LogP) is 3.92. The number of nitrogens with one attached hydrogen (secondary N) is 2. The highest BCUT2D eigenvalue weighted by Crippen LogP contribution is 2.27. The summed E-state index contributed by atoms with van der Waals surface area (Å²) in [6.45, 7) is 3.99. The van der Waals surface area contributed by atoms with Crippen molar-refractivity contribution >= 4 is 50.7 Å². The molecule has 0 atom stereocenters. The first-order valence-corrected chi connectivity index (χ1v) is 11.6. The van der Waals surface area contributed by atoms with Crippen LogP contribution in [0.15, 0.2) is 41.3 Å². The standard InChI is InChI=1S/C20H22Cl2FN3O4S/c1-3-26(4-2)31(29,30)18-12-14(6-8-16(18)21)25-19(27)9-10-24-20(28)15-7-5-13(23)11-17(15)22/h5-8,11-12H,3-4,9-10H2,1-2H3,(H,24,28)(H,25,27). The minimum atomic E-state index is -3.80. The van der Waals surface area contributed by atoms with Crippen molar-refractivity contribution in [1.29, 1.82) is 0 Å². The largest absolute Gasteiger partial charge is 0.351 e. The molecule has 168 valence electrons. The maximum absolute atomic E-state index is 13.1. The summed E-state index contributed by atoms with van der Waals surface area (Å²) >= 11 is 11.9. The quantitative estimate of drug-likeness (QED) is 0.557. The molecule has 0 unspecified atom stereocenters. The molecule has 0 radical (unpaired) electrons. The van der Waals surface area contributed by atoms with Gasteiger partial charge in [0.25, 0.3) is 5.91 Å². The van der Waals surface area contributed by atoms with Gasteiger partial charge >= 0.3 is 0 Å². The lowest BCUT2D eigenvalue weighted by molar-refractivity contribution is -0.116. The molecule has 2 aromatic carbocycles. The first kappa shape index (κ1) is 25.1. The Bertz CT molecular complexity index is 1080. The number of hydrogen-bond donors (Lipinski definition) is 2. The van der Waals surface area contributed by atoms with Crippen LogP contribution in [0.4, 0.5) is 10.1 Å². The van der Waals surface area contributed by atoms with Crippen molar-refractivity contribution in [2.24, 2.45) is 0 Å². The molecule has 2 amide bonds. The van der Waals surface area contributed by atoms with E-state index in [1.54, 1.807) is 13.8 Å². The zero-order valence-electron chi connectivity index (χ0n) is 16.9. The van der Waals surface area contributed by atoms with Crippen LogP contribution in [-0.4, -0.2) is 44.2 Å². The molecule has 11 heteroatoms. The van der Waals surface area contributed by atoms with Crippen LogP contribution in [0, 0.1) is 5.82 Å². The van der Waals surface area contributed by atoms with E-state index in [0.29, 0.717) is 0 Å². The summed E-state index contributed by atoms with van der Waals surface area (Å²) in [5, 5.41) is 5.11. The zero-order valence-corrected chi connectivity index (χ0v) is 19.2. The van der Waals surface area contributed by atoms with Gasteiger partial charge in [-0.25, -0.2) is 12.8 Å². The van der Waals surface area contributed by atoms with Crippen LogP contribution in [0.5, 0.6) is 0 Å². The van der Waals surface area contributed by atoms with Crippen LogP contribution in [-0.2, 0) is 14.8 Å². The van der Waals surface area contributed by atoms with Crippen LogP contribution in [0.25, 0.3) is 0 Å². The number of nitrogens with zero attached hydrogens (tertiary/aromatic N) is 1. The van der Waals surface area contributed by atoms with Gasteiger partial charge in [-0.1, -0.05) is 37.0 Å². The van der Waals surface area contributed by atoms with E-state index in [2.05, 4.69) is 10.6 Å². The normalized spacial score (nSPS) is 11.4. The van der Waals surface area contributed by atoms with Gasteiger partial charge in [-0.3, -0.25) is 9.59 Å². The second-order valence-corrected chi connectivity index (χ2v) is 9.13. The van der Waals surface area contributed by atoms with Gasteiger partial charge in [0, 0.05) is 31.7 Å². The molecule has 7 nitrogen and oxygen atoms in total. The molecule has 0 aromatic heterocycles. The number of halogens is 3. The first-order valence-electron chi connectivity index (χ1n) is 9.43. The van der Waals surface area contributed by atoms with Crippen molar-refractivity contribution in [1.82, 2.24) is 9.62 Å². The molecule has 0 aliphatic heterocycles. The van der Waals surface area contributed by atoms with E-state index in [-0.39, 0.29) is 52.2 Å². The number of sulfonamides is 1. The van der Waals surface area contributed by atoms with Crippen molar-refractivity contribution < 1.29 is 22.4 Å². The lowest BCUT2D eigenvalue weighted by Crippen LogP contribution is -2.31. The summed E-state index contributed by atoms with van der Waals surface area (Å²) < 4.78 is 39.8. The fourth-order valence-corrected chi connectivity index (χ4v) is 4.97. The lowest BCUT2D eigenvalue weighted by Gasteiger charge is -2.19. The van der Waals surface area contributed by atoms with E-state index in [0.717, 1.165) is 12.1 Å². The van der Waals surface area contributed by atoms with Crippen LogP contribution in [0.2, 0.25) is 10.0 Å². The van der Waals surface area contributed by atoms with Crippen LogP contribution < -0.4 is 10.6 Å². The number of anilines is 1. The predicted molar refractivity (Wildman–Crippen MR) is 119 cm³/mol. The van der Waals surface area contributed by atoms with Crippen molar-refractivity contribution in [3.05, 3.63) is 57.8 Å². The summed E-state index contributed by atoms with van der Waals surface area (Å²) in [6, 6.07) is 7.55. The van der Waals surface area contributed by atoms with Gasteiger partial charge in [0.2, 0.25) is 15.9 Å². The highest BCUT2D eigenvalue weighted by atomic mass is 35.5. The Morgan fingerprint density at radius 2 is 1.71 bits per heavy atom. The van der Waals surface area contributed by atoms with Gasteiger partial charge in [0.1, 0.15) is 10.7 Å². The molecule has 2 N–H and O–H groups in total. The molecule has 0 saturated heterocycles. The van der Waals surface area contributed by atoms with Gasteiger partial charge in [-0.05, 0) is 36.4 Å². The smallest absolute Gasteiger partial charge is 0.252 e. The number of rotatable bonds is 9. The molecule has 0 saturated carbocycles. The third-order valence-electron chi connectivity index (χ3n) is 4.35. The summed E-state index contributed by atoms with van der Waals surface area (Å²) in [7, 11) is -3.80. The third-order valence-corrected chi connectivity index (χ3v) is 7.20. The summed E-state index contributed by atoms with van der Waals surface area (Å²) in [4.78, 5) is 24.2. The molecule has 2 rings (SSSR count). The van der Waals surface area contributed by atoms with Gasteiger partial charge in [0.05, 0.1) is 15.6 Å². The Balaban J connectivity index is 2.00. The molecule has 2 aromatic rings. The zero-order chi connectivity index (χ0) is 23.2. The van der Waals surface area contributed by atoms with Crippen LogP contribution in [0.3, 0.4) is 0 Å². The summed E-state index contributed by atoms with van der Waals surface area (Å²) in [5.74, 6) is -1.55. The second-order valence-electron chi connectivity index (χ2n) is 6.41. The lowest BCUT2D eigenvalue weighted by atomic mass is 10.2. The van der Waals surface area contributed by atoms with Crippen molar-refractivity contribution in [3.8, 4) is 0 Å². The van der Waals surface area contributed by atoms with E-state index < -0.39 is 27.7 Å². The highest BCUT2D eigenvalue weighted by molar-refractivity contribution is 7.89. The topological polar surface area (TPSA) is 95.6 Å². The van der Waals surface area contributed by atoms with Crippen molar-refractivity contribution in [2.45, 2.75) is 25.2 Å². The van der Waals surface area contributed by atoms with E-state index in [1.165, 1.54) is 28.6 Å². The monoisotopic (exact) mass is 489 g/mol. The molecular formula is C20H22Cl2FN3O4S. The summed E-state index contributed by atoms with van der Waals surface area (Å²) in [6.07, 6.45) is -0.0781. The maximum Gasteiger partial charge on any atom is 0.252 e. The first-order chi connectivity index (χ1) is 14.6. The van der Waals surface area contributed by atoms with E-state index in [9.17, 15) is 22.4 Å². The molecule has 0 bridgehead atoms. The van der Waals surface area contributed by atoms with Gasteiger partial charge < -0.3 is 10.6 Å². The van der Waals surface area contributed by atoms with Gasteiger partial charge in [0.15, 0.2) is 0 Å². The Kier molecular flexibility index (Phi) is 8.81. The maximum atomic E-state index is 13.1. The average Bonchev–Trinajstić information content (AvgIpc) is 2.69. The van der Waals surface area contributed by atoms with Crippen molar-refractivity contribution in [2.75, 3.05) is 25.0 Å².